The van der Waals surface area contributed by atoms with Crippen LogP contribution >= 0.6 is 0 Å². The van der Waals surface area contributed by atoms with Gasteiger partial charge in [0.1, 0.15) is 0 Å². The van der Waals surface area contributed by atoms with Crippen molar-refractivity contribution in [1.29, 1.82) is 10.8 Å². The Hall–Kier alpha value is -1.32. The third-order valence-electron chi connectivity index (χ3n) is 0.500. The van der Waals surface area contributed by atoms with Crippen LogP contribution in [0.5, 0.6) is 0 Å². The maximum Gasteiger partial charge on any atom is 0.231 e. The minimum absolute atomic E-state index is 0.750. The van der Waals surface area contributed by atoms with Crippen molar-refractivity contribution in [3.8, 4) is 0 Å². The molecule has 0 radical (unpaired) electrons. The lowest BCUT2D eigenvalue weighted by Crippen LogP contribution is -1.56. The molecule has 0 saturated carbocycles. The van der Waals surface area contributed by atoms with Gasteiger partial charge in [0, 0.05) is 26.2 Å². The van der Waals surface area contributed by atoms with Crippen LogP contribution in [-0.4, -0.2) is 38.3 Å². The second-order valence-electron chi connectivity index (χ2n) is 1.70. The van der Waals surface area contributed by atoms with Crippen LogP contribution in [-0.2, 0) is 9.59 Å². The van der Waals surface area contributed by atoms with Gasteiger partial charge in [0.05, 0.1) is 0 Å². The largest absolute Gasteiger partial charge is 0.314 e. The molecule has 2 rings (SSSR count). The van der Waals surface area contributed by atoms with Gasteiger partial charge in [-0.05, 0) is 0 Å². The molecule has 6 nitrogen and oxygen atoms in total. The molecule has 2 aliphatic heterocycles. The molecule has 2 heterocycles. The standard InChI is InChI=1S/2C2H5N.2CHNO/c2*1-2-3-1;2*2-1-3/h2*3H,1-2H2;2*2H. The Morgan fingerprint density at radius 2 is 0.917 bits per heavy atom. The highest BCUT2D eigenvalue weighted by Gasteiger charge is 1.91. The zero-order valence-corrected chi connectivity index (χ0v) is 6.64. The van der Waals surface area contributed by atoms with Gasteiger partial charge in [-0.25, -0.2) is 20.4 Å². The number of nitrogens with one attached hydrogen (secondary N) is 4. The maximum absolute atomic E-state index is 8.35. The minimum atomic E-state index is 0.750. The van der Waals surface area contributed by atoms with Gasteiger partial charge in [-0.3, -0.25) is 0 Å². The van der Waals surface area contributed by atoms with E-state index in [0.29, 0.717) is 0 Å². The summed E-state index contributed by atoms with van der Waals surface area (Å²) in [5, 5.41) is 16.8. The molecule has 0 unspecified atom stereocenters. The van der Waals surface area contributed by atoms with Crippen LogP contribution in [0.15, 0.2) is 0 Å². The second kappa shape index (κ2) is 16.3. The molecule has 0 aliphatic carbocycles. The molecule has 6 heteroatoms. The second-order valence-corrected chi connectivity index (χ2v) is 1.70. The minimum Gasteiger partial charge on any atom is -0.314 e. The van der Waals surface area contributed by atoms with Gasteiger partial charge in [-0.1, -0.05) is 0 Å². The number of carbonyl (C=O) groups excluding carboxylic acids is 2. The first-order valence-electron chi connectivity index (χ1n) is 3.32. The average Bonchev–Trinajstić information content (AvgIpc) is 2.88. The summed E-state index contributed by atoms with van der Waals surface area (Å²) in [6.45, 7) is 5.00. The fourth-order valence-corrected chi connectivity index (χ4v) is 0. The molecule has 2 saturated heterocycles. The van der Waals surface area contributed by atoms with Crippen molar-refractivity contribution in [1.82, 2.24) is 10.6 Å². The van der Waals surface area contributed by atoms with Crippen LogP contribution in [0.25, 0.3) is 0 Å². The Labute approximate surface area is 70.4 Å². The number of hydrogen-bond donors (Lipinski definition) is 4. The summed E-state index contributed by atoms with van der Waals surface area (Å²) in [6, 6.07) is 0. The monoisotopic (exact) mass is 172 g/mol. The topological polar surface area (TPSA) is 126 Å². The number of rotatable bonds is 0. The van der Waals surface area contributed by atoms with Crippen molar-refractivity contribution in [3.05, 3.63) is 0 Å². The first-order valence-corrected chi connectivity index (χ1v) is 3.32. The van der Waals surface area contributed by atoms with E-state index in [1.807, 2.05) is 0 Å². The first kappa shape index (κ1) is 13.3. The van der Waals surface area contributed by atoms with Crippen LogP contribution in [0.4, 0.5) is 0 Å². The van der Waals surface area contributed by atoms with Crippen LogP contribution < -0.4 is 10.6 Å². The van der Waals surface area contributed by atoms with Crippen LogP contribution in [0.3, 0.4) is 0 Å². The molecular weight excluding hydrogens is 160 g/mol. The van der Waals surface area contributed by atoms with Crippen molar-refractivity contribution < 1.29 is 9.59 Å². The molecular formula is C6H12N4O2. The maximum atomic E-state index is 8.35. The Kier molecular flexibility index (Phi) is 18.1. The fraction of sp³-hybridized carbons (Fsp3) is 0.667. The zero-order chi connectivity index (χ0) is 9.66. The zero-order valence-electron chi connectivity index (χ0n) is 6.64. The summed E-state index contributed by atoms with van der Waals surface area (Å²) in [5.41, 5.74) is 0. The fourth-order valence-electron chi connectivity index (χ4n) is 0. The Balaban J connectivity index is 0. The molecule has 0 aromatic rings. The number of hydrogen-bond acceptors (Lipinski definition) is 6. The molecule has 68 valence electrons. The summed E-state index contributed by atoms with van der Waals surface area (Å²) in [4.78, 5) is 16.7. The van der Waals surface area contributed by atoms with Crippen molar-refractivity contribution in [2.45, 2.75) is 0 Å². The van der Waals surface area contributed by atoms with Gasteiger partial charge in [-0.2, -0.15) is 0 Å². The lowest BCUT2D eigenvalue weighted by molar-refractivity contribution is 0.562. The molecule has 0 atom stereocenters. The molecule has 0 bridgehead atoms. The van der Waals surface area contributed by atoms with Gasteiger partial charge < -0.3 is 10.6 Å². The summed E-state index contributed by atoms with van der Waals surface area (Å²) < 4.78 is 0. The summed E-state index contributed by atoms with van der Waals surface area (Å²) in [5.74, 6) is 0. The molecule has 12 heavy (non-hydrogen) atoms. The summed E-state index contributed by atoms with van der Waals surface area (Å²) >= 11 is 0. The lowest BCUT2D eigenvalue weighted by atomic mass is 11.0. The highest BCUT2D eigenvalue weighted by atomic mass is 16.1. The molecule has 0 amide bonds. The van der Waals surface area contributed by atoms with Gasteiger partial charge >= 0.3 is 0 Å². The van der Waals surface area contributed by atoms with E-state index in [1.54, 1.807) is 0 Å². The lowest BCUT2D eigenvalue weighted by Gasteiger charge is -1.21. The number of isocyanates is 2. The quantitative estimate of drug-likeness (QED) is 0.212. The normalized spacial score (nSPS) is 13.3. The summed E-state index contributed by atoms with van der Waals surface area (Å²) in [6.07, 6.45) is 1.50. The molecule has 4 N–H and O–H groups in total. The van der Waals surface area contributed by atoms with Crippen molar-refractivity contribution in [2.75, 3.05) is 26.2 Å². The molecule has 0 aromatic carbocycles. The predicted octanol–water partition coefficient (Wildman–Crippen LogP) is -1.02. The van der Waals surface area contributed by atoms with E-state index in [9.17, 15) is 0 Å². The molecule has 0 spiro atoms. The first-order chi connectivity index (χ1) is 5.83. The van der Waals surface area contributed by atoms with E-state index >= 15 is 0 Å². The van der Waals surface area contributed by atoms with Gasteiger partial charge in [0.25, 0.3) is 0 Å². The van der Waals surface area contributed by atoms with E-state index in [4.69, 9.17) is 20.4 Å². The molecule has 0 aromatic heterocycles. The highest BCUT2D eigenvalue weighted by Crippen LogP contribution is 1.65. The predicted molar refractivity (Wildman–Crippen MR) is 42.6 cm³/mol. The Bertz CT molecular complexity index is 120. The van der Waals surface area contributed by atoms with Crippen molar-refractivity contribution in [2.24, 2.45) is 0 Å². The third kappa shape index (κ3) is 1110. The van der Waals surface area contributed by atoms with E-state index < -0.39 is 0 Å². The smallest absolute Gasteiger partial charge is 0.231 e. The van der Waals surface area contributed by atoms with Gasteiger partial charge in [0.2, 0.25) is 12.2 Å². The van der Waals surface area contributed by atoms with Gasteiger partial charge in [-0.15, -0.1) is 0 Å². The van der Waals surface area contributed by atoms with E-state index in [-0.39, 0.29) is 0 Å². The average molecular weight is 172 g/mol. The SMILES string of the molecule is C1CN1.C1CN1.N=C=O.N=C=O. The van der Waals surface area contributed by atoms with E-state index in [0.717, 1.165) is 12.2 Å². The Morgan fingerprint density at radius 3 is 0.917 bits per heavy atom. The van der Waals surface area contributed by atoms with Crippen LogP contribution in [0, 0.1) is 10.8 Å². The molecule has 2 fully saturated rings. The van der Waals surface area contributed by atoms with Crippen molar-refractivity contribution >= 4 is 12.2 Å². The molecule has 2 aliphatic rings. The van der Waals surface area contributed by atoms with E-state index in [1.165, 1.54) is 26.2 Å². The highest BCUT2D eigenvalue weighted by molar-refractivity contribution is 5.26. The van der Waals surface area contributed by atoms with Crippen molar-refractivity contribution in [3.63, 3.8) is 0 Å². The summed E-state index contributed by atoms with van der Waals surface area (Å²) in [7, 11) is 0. The van der Waals surface area contributed by atoms with E-state index in [2.05, 4.69) is 10.6 Å². The Morgan fingerprint density at radius 1 is 0.833 bits per heavy atom. The van der Waals surface area contributed by atoms with Crippen LogP contribution in [0.1, 0.15) is 0 Å². The third-order valence-corrected chi connectivity index (χ3v) is 0.500. The van der Waals surface area contributed by atoms with Gasteiger partial charge in [0.15, 0.2) is 0 Å². The van der Waals surface area contributed by atoms with Crippen LogP contribution in [0.2, 0.25) is 0 Å².